The maximum absolute atomic E-state index is 13.9. The van der Waals surface area contributed by atoms with Crippen molar-refractivity contribution >= 4 is 6.03 Å². The zero-order valence-electron chi connectivity index (χ0n) is 14.4. The molecule has 0 aliphatic carbocycles. The fourth-order valence-electron chi connectivity index (χ4n) is 2.52. The van der Waals surface area contributed by atoms with Gasteiger partial charge in [-0.2, -0.15) is 0 Å². The third-order valence-corrected chi connectivity index (χ3v) is 4.09. The average molecular weight is 350 g/mol. The summed E-state index contributed by atoms with van der Waals surface area (Å²) >= 11 is 0. The number of hydrogen-bond donors (Lipinski definition) is 2. The standard InChI is InChI=1S/C19H21F3N2O/c1-12(13-8-9-16(21)17(22)10-13)24-18(25)23-11-19(2,3)14-6-4-5-7-15(14)20/h4-10,12H,11H2,1-3H3,(H2,23,24,25). The van der Waals surface area contributed by atoms with Gasteiger partial charge in [0.2, 0.25) is 0 Å². The predicted molar refractivity (Wildman–Crippen MR) is 90.7 cm³/mol. The van der Waals surface area contributed by atoms with E-state index in [9.17, 15) is 18.0 Å². The van der Waals surface area contributed by atoms with E-state index >= 15 is 0 Å². The second-order valence-electron chi connectivity index (χ2n) is 6.59. The zero-order chi connectivity index (χ0) is 18.6. The lowest BCUT2D eigenvalue weighted by Gasteiger charge is -2.26. The van der Waals surface area contributed by atoms with E-state index in [1.165, 1.54) is 12.1 Å². The molecule has 6 heteroatoms. The highest BCUT2D eigenvalue weighted by atomic mass is 19.2. The molecule has 2 aromatic carbocycles. The molecule has 0 aliphatic heterocycles. The van der Waals surface area contributed by atoms with E-state index in [0.717, 1.165) is 12.1 Å². The van der Waals surface area contributed by atoms with Crippen LogP contribution in [0.2, 0.25) is 0 Å². The molecule has 25 heavy (non-hydrogen) atoms. The van der Waals surface area contributed by atoms with Gasteiger partial charge in [0.15, 0.2) is 11.6 Å². The number of carbonyl (C=O) groups excluding carboxylic acids is 1. The lowest BCUT2D eigenvalue weighted by Crippen LogP contribution is -2.43. The Bertz CT molecular complexity index is 762. The quantitative estimate of drug-likeness (QED) is 0.822. The van der Waals surface area contributed by atoms with Crippen molar-refractivity contribution in [1.82, 2.24) is 10.6 Å². The van der Waals surface area contributed by atoms with Gasteiger partial charge in [0.25, 0.3) is 0 Å². The molecule has 0 fully saturated rings. The van der Waals surface area contributed by atoms with Crippen LogP contribution in [0.5, 0.6) is 0 Å². The Morgan fingerprint density at radius 2 is 1.72 bits per heavy atom. The Labute approximate surface area is 145 Å². The van der Waals surface area contributed by atoms with Gasteiger partial charge in [-0.25, -0.2) is 18.0 Å². The summed E-state index contributed by atoms with van der Waals surface area (Å²) in [5.74, 6) is -2.23. The van der Waals surface area contributed by atoms with Crippen LogP contribution in [0.25, 0.3) is 0 Å². The van der Waals surface area contributed by atoms with Crippen LogP contribution in [0.1, 0.15) is 37.9 Å². The molecule has 0 heterocycles. The van der Waals surface area contributed by atoms with E-state index in [0.29, 0.717) is 11.1 Å². The van der Waals surface area contributed by atoms with E-state index in [4.69, 9.17) is 0 Å². The van der Waals surface area contributed by atoms with E-state index in [2.05, 4.69) is 10.6 Å². The Morgan fingerprint density at radius 1 is 1.04 bits per heavy atom. The molecule has 0 aromatic heterocycles. The molecule has 0 saturated heterocycles. The summed E-state index contributed by atoms with van der Waals surface area (Å²) in [6.45, 7) is 5.52. The van der Waals surface area contributed by atoms with Crippen molar-refractivity contribution in [3.8, 4) is 0 Å². The molecule has 0 spiro atoms. The molecule has 2 amide bonds. The van der Waals surface area contributed by atoms with Crippen LogP contribution in [-0.2, 0) is 5.41 Å². The smallest absolute Gasteiger partial charge is 0.315 e. The van der Waals surface area contributed by atoms with Crippen LogP contribution in [0, 0.1) is 17.5 Å². The fraction of sp³-hybridized carbons (Fsp3) is 0.316. The number of amides is 2. The molecule has 134 valence electrons. The summed E-state index contributed by atoms with van der Waals surface area (Å²) in [6, 6.07) is 8.90. The lowest BCUT2D eigenvalue weighted by atomic mass is 9.84. The van der Waals surface area contributed by atoms with Crippen molar-refractivity contribution in [1.29, 1.82) is 0 Å². The molecule has 2 N–H and O–H groups in total. The summed E-state index contributed by atoms with van der Waals surface area (Å²) in [4.78, 5) is 12.1. The summed E-state index contributed by atoms with van der Waals surface area (Å²) in [7, 11) is 0. The second kappa shape index (κ2) is 7.59. The van der Waals surface area contributed by atoms with Gasteiger partial charge < -0.3 is 10.6 Å². The summed E-state index contributed by atoms with van der Waals surface area (Å²) in [5.41, 5.74) is 0.347. The van der Waals surface area contributed by atoms with Gasteiger partial charge in [-0.1, -0.05) is 38.1 Å². The minimum absolute atomic E-state index is 0.213. The molecule has 1 atom stereocenters. The number of halogens is 3. The number of carbonyl (C=O) groups is 1. The molecular formula is C19H21F3N2O. The highest BCUT2D eigenvalue weighted by Gasteiger charge is 2.24. The van der Waals surface area contributed by atoms with Crippen molar-refractivity contribution in [2.75, 3.05) is 6.54 Å². The Balaban J connectivity index is 1.95. The van der Waals surface area contributed by atoms with Crippen molar-refractivity contribution in [3.05, 3.63) is 71.0 Å². The van der Waals surface area contributed by atoms with Crippen molar-refractivity contribution in [2.45, 2.75) is 32.2 Å². The summed E-state index contributed by atoms with van der Waals surface area (Å²) in [5, 5.41) is 5.34. The largest absolute Gasteiger partial charge is 0.337 e. The molecule has 0 aliphatic rings. The first-order chi connectivity index (χ1) is 11.7. The maximum atomic E-state index is 13.9. The first-order valence-corrected chi connectivity index (χ1v) is 7.95. The topological polar surface area (TPSA) is 41.1 Å². The fourth-order valence-corrected chi connectivity index (χ4v) is 2.52. The van der Waals surface area contributed by atoms with Gasteiger partial charge in [-0.05, 0) is 36.2 Å². The van der Waals surface area contributed by atoms with Crippen LogP contribution < -0.4 is 10.6 Å². The van der Waals surface area contributed by atoms with Crippen LogP contribution in [0.3, 0.4) is 0 Å². The maximum Gasteiger partial charge on any atom is 0.315 e. The van der Waals surface area contributed by atoms with Gasteiger partial charge in [0.1, 0.15) is 5.82 Å². The van der Waals surface area contributed by atoms with E-state index < -0.39 is 29.1 Å². The van der Waals surface area contributed by atoms with Crippen LogP contribution in [0.4, 0.5) is 18.0 Å². The summed E-state index contributed by atoms with van der Waals surface area (Å²) < 4.78 is 40.2. The molecule has 0 radical (unpaired) electrons. The Morgan fingerprint density at radius 3 is 2.36 bits per heavy atom. The van der Waals surface area contributed by atoms with Gasteiger partial charge in [0.05, 0.1) is 6.04 Å². The second-order valence-corrected chi connectivity index (χ2v) is 6.59. The SMILES string of the molecule is CC(NC(=O)NCC(C)(C)c1ccccc1F)c1ccc(F)c(F)c1. The van der Waals surface area contributed by atoms with Gasteiger partial charge in [0, 0.05) is 12.0 Å². The number of hydrogen-bond acceptors (Lipinski definition) is 1. The first-order valence-electron chi connectivity index (χ1n) is 7.95. The third-order valence-electron chi connectivity index (χ3n) is 4.09. The van der Waals surface area contributed by atoms with Gasteiger partial charge >= 0.3 is 6.03 Å². The molecule has 0 saturated carbocycles. The van der Waals surface area contributed by atoms with E-state index in [1.54, 1.807) is 25.1 Å². The Kier molecular flexibility index (Phi) is 5.72. The highest BCUT2D eigenvalue weighted by molar-refractivity contribution is 5.74. The predicted octanol–water partition coefficient (Wildman–Crippen LogP) is 4.44. The number of nitrogens with one attached hydrogen (secondary N) is 2. The minimum Gasteiger partial charge on any atom is -0.337 e. The van der Waals surface area contributed by atoms with E-state index in [-0.39, 0.29) is 12.4 Å². The van der Waals surface area contributed by atoms with Crippen LogP contribution >= 0.6 is 0 Å². The van der Waals surface area contributed by atoms with Crippen molar-refractivity contribution < 1.29 is 18.0 Å². The lowest BCUT2D eigenvalue weighted by molar-refractivity contribution is 0.235. The third kappa shape index (κ3) is 4.75. The molecule has 0 bridgehead atoms. The molecule has 2 aromatic rings. The van der Waals surface area contributed by atoms with Gasteiger partial charge in [-0.3, -0.25) is 0 Å². The normalized spacial score (nSPS) is 12.6. The number of rotatable bonds is 5. The monoisotopic (exact) mass is 350 g/mol. The molecule has 1 unspecified atom stereocenters. The molecule has 3 nitrogen and oxygen atoms in total. The van der Waals surface area contributed by atoms with Crippen molar-refractivity contribution in [2.24, 2.45) is 0 Å². The Hall–Kier alpha value is -2.50. The minimum atomic E-state index is -0.966. The molecular weight excluding hydrogens is 329 g/mol. The van der Waals surface area contributed by atoms with E-state index in [1.807, 2.05) is 13.8 Å². The first kappa shape index (κ1) is 18.8. The van der Waals surface area contributed by atoms with Gasteiger partial charge in [-0.15, -0.1) is 0 Å². The zero-order valence-corrected chi connectivity index (χ0v) is 14.4. The van der Waals surface area contributed by atoms with Crippen LogP contribution in [0.15, 0.2) is 42.5 Å². The molecule has 2 rings (SSSR count). The highest BCUT2D eigenvalue weighted by Crippen LogP contribution is 2.24. The summed E-state index contributed by atoms with van der Waals surface area (Å²) in [6.07, 6.45) is 0. The number of urea groups is 1. The van der Waals surface area contributed by atoms with Crippen LogP contribution in [-0.4, -0.2) is 12.6 Å². The number of benzene rings is 2. The van der Waals surface area contributed by atoms with Crippen molar-refractivity contribution in [3.63, 3.8) is 0 Å². The average Bonchev–Trinajstić information content (AvgIpc) is 2.56.